The molecule has 0 radical (unpaired) electrons. The SMILES string of the molecule is CCCCn1c(N)c(N(Cc2ccco2)C(=O)C(C)Oc2cccc(C)c2)c(=O)[nH]c1=O. The van der Waals surface area contributed by atoms with E-state index >= 15 is 0 Å². The lowest BCUT2D eigenvalue weighted by Crippen LogP contribution is -2.45. The first-order valence-electron chi connectivity index (χ1n) is 10.5. The van der Waals surface area contributed by atoms with Gasteiger partial charge in [-0.05, 0) is 50.1 Å². The molecule has 170 valence electrons. The minimum Gasteiger partial charge on any atom is -0.481 e. The Balaban J connectivity index is 2.02. The van der Waals surface area contributed by atoms with Crippen molar-refractivity contribution in [2.24, 2.45) is 0 Å². The first-order chi connectivity index (χ1) is 15.3. The number of hydrogen-bond acceptors (Lipinski definition) is 6. The molecule has 0 bridgehead atoms. The van der Waals surface area contributed by atoms with Crippen LogP contribution < -0.4 is 26.6 Å². The van der Waals surface area contributed by atoms with E-state index in [2.05, 4.69) is 4.98 Å². The van der Waals surface area contributed by atoms with Gasteiger partial charge in [-0.25, -0.2) is 4.79 Å². The molecule has 1 amide bonds. The third-order valence-electron chi connectivity index (χ3n) is 5.03. The number of nitrogens with zero attached hydrogens (tertiary/aromatic N) is 2. The van der Waals surface area contributed by atoms with E-state index in [9.17, 15) is 14.4 Å². The van der Waals surface area contributed by atoms with E-state index in [0.717, 1.165) is 12.0 Å². The number of nitrogens with one attached hydrogen (secondary N) is 1. The molecule has 0 aliphatic carbocycles. The van der Waals surface area contributed by atoms with Gasteiger partial charge in [-0.1, -0.05) is 25.5 Å². The molecule has 0 aliphatic rings. The largest absolute Gasteiger partial charge is 0.481 e. The van der Waals surface area contributed by atoms with Crippen LogP contribution in [0.1, 0.15) is 38.0 Å². The Morgan fingerprint density at radius 3 is 2.72 bits per heavy atom. The molecule has 9 nitrogen and oxygen atoms in total. The Morgan fingerprint density at radius 2 is 2.06 bits per heavy atom. The summed E-state index contributed by atoms with van der Waals surface area (Å²) in [6, 6.07) is 10.7. The van der Waals surface area contributed by atoms with Crippen molar-refractivity contribution in [1.82, 2.24) is 9.55 Å². The van der Waals surface area contributed by atoms with Crippen molar-refractivity contribution in [1.29, 1.82) is 0 Å². The van der Waals surface area contributed by atoms with Gasteiger partial charge in [-0.15, -0.1) is 0 Å². The molecule has 3 rings (SSSR count). The van der Waals surface area contributed by atoms with Gasteiger partial charge in [0.1, 0.15) is 17.3 Å². The van der Waals surface area contributed by atoms with Crippen LogP contribution in [-0.4, -0.2) is 21.6 Å². The maximum absolute atomic E-state index is 13.4. The molecule has 0 saturated carbocycles. The van der Waals surface area contributed by atoms with Gasteiger partial charge in [-0.2, -0.15) is 0 Å². The van der Waals surface area contributed by atoms with E-state index in [1.54, 1.807) is 25.1 Å². The topological polar surface area (TPSA) is 124 Å². The standard InChI is InChI=1S/C23H28N4O5/c1-4-5-11-26-20(24)19(21(28)25-23(26)30)27(14-18-10-7-12-31-18)22(29)16(3)32-17-9-6-8-15(2)13-17/h6-10,12-13,16H,4-5,11,14,24H2,1-3H3,(H,25,28,30). The molecule has 0 aliphatic heterocycles. The summed E-state index contributed by atoms with van der Waals surface area (Å²) in [5.74, 6) is 0.403. The summed E-state index contributed by atoms with van der Waals surface area (Å²) in [4.78, 5) is 42.0. The van der Waals surface area contributed by atoms with E-state index in [0.29, 0.717) is 24.5 Å². The highest BCUT2D eigenvalue weighted by Crippen LogP contribution is 2.23. The molecular formula is C23H28N4O5. The van der Waals surface area contributed by atoms with Crippen LogP contribution in [0.15, 0.2) is 56.7 Å². The van der Waals surface area contributed by atoms with Crippen molar-refractivity contribution in [3.05, 3.63) is 74.8 Å². The van der Waals surface area contributed by atoms with Gasteiger partial charge in [0.2, 0.25) is 0 Å². The predicted octanol–water partition coefficient (Wildman–Crippen LogP) is 2.82. The minimum absolute atomic E-state index is 0.0490. The summed E-state index contributed by atoms with van der Waals surface area (Å²) in [7, 11) is 0. The van der Waals surface area contributed by atoms with Gasteiger partial charge in [0.25, 0.3) is 11.5 Å². The number of rotatable bonds is 9. The molecule has 3 N–H and O–H groups in total. The number of anilines is 2. The van der Waals surface area contributed by atoms with Crippen LogP contribution in [-0.2, 0) is 17.9 Å². The number of aromatic nitrogens is 2. The number of aryl methyl sites for hydroxylation is 1. The second-order valence-corrected chi connectivity index (χ2v) is 7.58. The van der Waals surface area contributed by atoms with Crippen molar-refractivity contribution in [3.8, 4) is 5.75 Å². The van der Waals surface area contributed by atoms with Gasteiger partial charge in [0.15, 0.2) is 11.8 Å². The van der Waals surface area contributed by atoms with E-state index in [1.165, 1.54) is 15.7 Å². The zero-order chi connectivity index (χ0) is 23.3. The minimum atomic E-state index is -0.929. The van der Waals surface area contributed by atoms with Crippen LogP contribution in [0.4, 0.5) is 11.5 Å². The van der Waals surface area contributed by atoms with Gasteiger partial charge in [0.05, 0.1) is 12.8 Å². The lowest BCUT2D eigenvalue weighted by atomic mass is 10.2. The monoisotopic (exact) mass is 440 g/mol. The summed E-state index contributed by atoms with van der Waals surface area (Å²) in [6.07, 6.45) is 2.06. The number of carbonyl (C=O) groups is 1. The number of amides is 1. The average Bonchev–Trinajstić information content (AvgIpc) is 3.25. The zero-order valence-corrected chi connectivity index (χ0v) is 18.5. The summed E-state index contributed by atoms with van der Waals surface area (Å²) < 4.78 is 12.5. The molecule has 1 atom stereocenters. The number of carbonyl (C=O) groups excluding carboxylic acids is 1. The van der Waals surface area contributed by atoms with Crippen LogP contribution in [0, 0.1) is 6.92 Å². The number of nitrogens with two attached hydrogens (primary N) is 1. The third kappa shape index (κ3) is 5.11. The van der Waals surface area contributed by atoms with Crippen LogP contribution in [0.25, 0.3) is 0 Å². The van der Waals surface area contributed by atoms with E-state index in [4.69, 9.17) is 14.9 Å². The predicted molar refractivity (Wildman–Crippen MR) is 122 cm³/mol. The van der Waals surface area contributed by atoms with Crippen molar-refractivity contribution >= 4 is 17.4 Å². The highest BCUT2D eigenvalue weighted by atomic mass is 16.5. The number of H-pyrrole nitrogens is 1. The van der Waals surface area contributed by atoms with Crippen LogP contribution in [0.2, 0.25) is 0 Å². The highest BCUT2D eigenvalue weighted by molar-refractivity contribution is 5.98. The maximum Gasteiger partial charge on any atom is 0.330 e. The Hall–Kier alpha value is -3.75. The lowest BCUT2D eigenvalue weighted by Gasteiger charge is -2.26. The number of unbranched alkanes of at least 4 members (excludes halogenated alkanes) is 1. The third-order valence-corrected chi connectivity index (χ3v) is 5.03. The summed E-state index contributed by atoms with van der Waals surface area (Å²) in [5, 5.41) is 0. The molecule has 1 unspecified atom stereocenters. The van der Waals surface area contributed by atoms with Gasteiger partial charge in [0, 0.05) is 6.54 Å². The number of aromatic amines is 1. The van der Waals surface area contributed by atoms with Crippen LogP contribution in [0.5, 0.6) is 5.75 Å². The molecular weight excluding hydrogens is 412 g/mol. The van der Waals surface area contributed by atoms with Crippen LogP contribution >= 0.6 is 0 Å². The molecule has 9 heteroatoms. The number of benzene rings is 1. The summed E-state index contributed by atoms with van der Waals surface area (Å²) >= 11 is 0. The molecule has 2 aromatic heterocycles. The Morgan fingerprint density at radius 1 is 1.28 bits per heavy atom. The van der Waals surface area contributed by atoms with E-state index < -0.39 is 23.3 Å². The molecule has 1 aromatic carbocycles. The summed E-state index contributed by atoms with van der Waals surface area (Å²) in [6.45, 7) is 5.76. The second-order valence-electron chi connectivity index (χ2n) is 7.58. The number of hydrogen-bond donors (Lipinski definition) is 2. The van der Waals surface area contributed by atoms with Crippen molar-refractivity contribution in [2.75, 3.05) is 10.6 Å². The highest BCUT2D eigenvalue weighted by Gasteiger charge is 2.29. The zero-order valence-electron chi connectivity index (χ0n) is 18.5. The molecule has 2 heterocycles. The van der Waals surface area contributed by atoms with Crippen molar-refractivity contribution in [3.63, 3.8) is 0 Å². The van der Waals surface area contributed by atoms with Crippen molar-refractivity contribution < 1.29 is 13.9 Å². The lowest BCUT2D eigenvalue weighted by molar-refractivity contribution is -0.124. The Bertz CT molecular complexity index is 1180. The summed E-state index contributed by atoms with van der Waals surface area (Å²) in [5.41, 5.74) is 5.76. The van der Waals surface area contributed by atoms with Gasteiger partial charge < -0.3 is 14.9 Å². The van der Waals surface area contributed by atoms with Crippen LogP contribution in [0.3, 0.4) is 0 Å². The fraction of sp³-hybridized carbons (Fsp3) is 0.348. The van der Waals surface area contributed by atoms with Gasteiger partial charge in [-0.3, -0.25) is 24.0 Å². The number of ether oxygens (including phenoxy) is 1. The first-order valence-corrected chi connectivity index (χ1v) is 10.5. The smallest absolute Gasteiger partial charge is 0.330 e. The Labute approximate surface area is 185 Å². The molecule has 32 heavy (non-hydrogen) atoms. The molecule has 0 saturated heterocycles. The molecule has 0 fully saturated rings. The first kappa shape index (κ1) is 22.9. The van der Waals surface area contributed by atoms with Gasteiger partial charge >= 0.3 is 5.69 Å². The number of furan rings is 1. The van der Waals surface area contributed by atoms with E-state index in [-0.39, 0.29) is 18.1 Å². The normalized spacial score (nSPS) is 11.8. The average molecular weight is 441 g/mol. The van der Waals surface area contributed by atoms with E-state index in [1.807, 2.05) is 32.0 Å². The fourth-order valence-electron chi connectivity index (χ4n) is 3.36. The number of nitrogen functional groups attached to an aromatic ring is 1. The fourth-order valence-corrected chi connectivity index (χ4v) is 3.36. The Kier molecular flexibility index (Phi) is 7.19. The second kappa shape index (κ2) is 10.0. The molecule has 0 spiro atoms. The van der Waals surface area contributed by atoms with Crippen molar-refractivity contribution in [2.45, 2.75) is 52.8 Å². The maximum atomic E-state index is 13.4. The quantitative estimate of drug-likeness (QED) is 0.527. The molecule has 3 aromatic rings.